The molecule has 0 radical (unpaired) electrons. The monoisotopic (exact) mass is 668 g/mol. The van der Waals surface area contributed by atoms with E-state index >= 15 is 0 Å². The van der Waals surface area contributed by atoms with Gasteiger partial charge in [0.1, 0.15) is 12.1 Å². The van der Waals surface area contributed by atoms with Crippen molar-refractivity contribution in [2.75, 3.05) is 13.1 Å². The molecule has 0 aromatic rings. The van der Waals surface area contributed by atoms with Gasteiger partial charge in [-0.3, -0.25) is 24.2 Å². The highest BCUT2D eigenvalue weighted by molar-refractivity contribution is 5.92. The lowest BCUT2D eigenvalue weighted by Crippen LogP contribution is -2.51. The highest BCUT2D eigenvalue weighted by Crippen LogP contribution is 2.15. The average Bonchev–Trinajstić information content (AvgIpc) is 3.01. The number of carbonyl (C=O) groups excluding carboxylic acids is 3. The van der Waals surface area contributed by atoms with Gasteiger partial charge in [-0.2, -0.15) is 0 Å². The molecule has 0 unspecified atom stereocenters. The number of carbonyl (C=O) groups is 5. The SMILES string of the molecule is CCCCCCCCCCCCCCCCCCCCCC(=O)N[C@@H](CCCN=C(N)N)C(=O)NCC(=O)N[C@@H](CC(=O)O)C(=O)O. The molecule has 3 amide bonds. The Bertz CT molecular complexity index is 911. The number of carboxylic acids is 2. The van der Waals surface area contributed by atoms with Crippen LogP contribution in [0.4, 0.5) is 0 Å². The summed E-state index contributed by atoms with van der Waals surface area (Å²) in [5, 5.41) is 25.0. The van der Waals surface area contributed by atoms with Crippen molar-refractivity contribution in [1.29, 1.82) is 0 Å². The normalized spacial score (nSPS) is 12.1. The number of rotatable bonds is 32. The first kappa shape index (κ1) is 43.6. The summed E-state index contributed by atoms with van der Waals surface area (Å²) in [6, 6.07) is -2.58. The van der Waals surface area contributed by atoms with E-state index in [1.54, 1.807) is 0 Å². The number of nitrogens with two attached hydrogens (primary N) is 2. The van der Waals surface area contributed by atoms with Crippen molar-refractivity contribution in [2.45, 2.75) is 167 Å². The number of nitrogens with one attached hydrogen (secondary N) is 3. The molecule has 47 heavy (non-hydrogen) atoms. The Kier molecular flexibility index (Phi) is 27.8. The molecule has 0 aliphatic heterocycles. The van der Waals surface area contributed by atoms with Crippen LogP contribution in [0.2, 0.25) is 0 Å². The summed E-state index contributed by atoms with van der Waals surface area (Å²) in [5.74, 6) is -4.77. The zero-order valence-electron chi connectivity index (χ0n) is 28.9. The minimum atomic E-state index is -1.63. The Balaban J connectivity index is 4.18. The van der Waals surface area contributed by atoms with E-state index in [4.69, 9.17) is 21.7 Å². The maximum Gasteiger partial charge on any atom is 0.326 e. The van der Waals surface area contributed by atoms with Crippen LogP contribution in [0.3, 0.4) is 0 Å². The van der Waals surface area contributed by atoms with Gasteiger partial charge in [-0.25, -0.2) is 4.79 Å². The number of guanidine groups is 1. The van der Waals surface area contributed by atoms with Crippen molar-refractivity contribution < 1.29 is 34.2 Å². The highest BCUT2D eigenvalue weighted by atomic mass is 16.4. The van der Waals surface area contributed by atoms with Crippen LogP contribution in [0.25, 0.3) is 0 Å². The van der Waals surface area contributed by atoms with Crippen molar-refractivity contribution in [1.82, 2.24) is 16.0 Å². The van der Waals surface area contributed by atoms with E-state index in [1.165, 1.54) is 96.3 Å². The number of amides is 3. The number of carboxylic acid groups (broad SMARTS) is 2. The minimum Gasteiger partial charge on any atom is -0.481 e. The van der Waals surface area contributed by atoms with Gasteiger partial charge in [0.25, 0.3) is 0 Å². The molecule has 2 atom stereocenters. The van der Waals surface area contributed by atoms with Crippen molar-refractivity contribution in [3.8, 4) is 0 Å². The van der Waals surface area contributed by atoms with Gasteiger partial charge in [-0.1, -0.05) is 122 Å². The lowest BCUT2D eigenvalue weighted by Gasteiger charge is -2.19. The lowest BCUT2D eigenvalue weighted by atomic mass is 10.0. The first-order valence-corrected chi connectivity index (χ1v) is 17.9. The fourth-order valence-electron chi connectivity index (χ4n) is 5.31. The van der Waals surface area contributed by atoms with Gasteiger partial charge < -0.3 is 37.6 Å². The van der Waals surface area contributed by atoms with Crippen LogP contribution >= 0.6 is 0 Å². The zero-order chi connectivity index (χ0) is 35.1. The van der Waals surface area contributed by atoms with Crippen LogP contribution in [-0.2, 0) is 24.0 Å². The summed E-state index contributed by atoms with van der Waals surface area (Å²) in [5.41, 5.74) is 10.7. The van der Waals surface area contributed by atoms with Gasteiger partial charge >= 0.3 is 11.9 Å². The van der Waals surface area contributed by atoms with E-state index in [0.717, 1.165) is 19.3 Å². The molecule has 0 saturated heterocycles. The molecule has 0 aromatic heterocycles. The number of aliphatic imine (C=N–C) groups is 1. The molecule has 0 aliphatic rings. The molecule has 0 heterocycles. The van der Waals surface area contributed by atoms with Crippen molar-refractivity contribution in [3.05, 3.63) is 0 Å². The summed E-state index contributed by atoms with van der Waals surface area (Å²) in [4.78, 5) is 63.3. The number of unbranched alkanes of at least 4 members (excludes halogenated alkanes) is 18. The van der Waals surface area contributed by atoms with E-state index < -0.39 is 48.8 Å². The third-order valence-corrected chi connectivity index (χ3v) is 8.04. The van der Waals surface area contributed by atoms with Crippen LogP contribution in [0.1, 0.15) is 155 Å². The smallest absolute Gasteiger partial charge is 0.326 e. The zero-order valence-corrected chi connectivity index (χ0v) is 28.9. The molecule has 9 N–H and O–H groups in total. The fraction of sp³-hybridized carbons (Fsp3) is 0.824. The van der Waals surface area contributed by atoms with Crippen molar-refractivity contribution >= 4 is 35.6 Å². The van der Waals surface area contributed by atoms with Gasteiger partial charge in [-0.05, 0) is 19.3 Å². The maximum absolute atomic E-state index is 12.8. The van der Waals surface area contributed by atoms with Gasteiger partial charge in [0, 0.05) is 13.0 Å². The van der Waals surface area contributed by atoms with Crippen LogP contribution in [0.5, 0.6) is 0 Å². The van der Waals surface area contributed by atoms with Gasteiger partial charge in [-0.15, -0.1) is 0 Å². The molecule has 0 saturated carbocycles. The number of aliphatic carboxylic acids is 2. The predicted molar refractivity (Wildman–Crippen MR) is 185 cm³/mol. The van der Waals surface area contributed by atoms with Gasteiger partial charge in [0.2, 0.25) is 17.7 Å². The molecule has 0 rings (SSSR count). The van der Waals surface area contributed by atoms with E-state index in [9.17, 15) is 24.0 Å². The Morgan fingerprint density at radius 1 is 0.617 bits per heavy atom. The summed E-state index contributed by atoms with van der Waals surface area (Å²) < 4.78 is 0. The molecule has 0 spiro atoms. The summed E-state index contributed by atoms with van der Waals surface area (Å²) in [7, 11) is 0. The van der Waals surface area contributed by atoms with Gasteiger partial charge in [0.15, 0.2) is 5.96 Å². The number of hydrogen-bond donors (Lipinski definition) is 7. The molecule has 0 aromatic carbocycles. The first-order valence-electron chi connectivity index (χ1n) is 17.9. The fourth-order valence-corrected chi connectivity index (χ4v) is 5.31. The lowest BCUT2D eigenvalue weighted by molar-refractivity contribution is -0.147. The third kappa shape index (κ3) is 28.6. The molecular weight excluding hydrogens is 604 g/mol. The Morgan fingerprint density at radius 2 is 1.06 bits per heavy atom. The number of hydrogen-bond acceptors (Lipinski definition) is 6. The molecule has 0 fully saturated rings. The maximum atomic E-state index is 12.8. The standard InChI is InChI=1S/C34H64N6O7/c1-2-3-4-5-6-7-8-9-10-11-12-13-14-15-16-17-18-19-20-23-29(41)39-27(22-21-24-37-34(35)36)32(45)38-26-30(42)40-28(33(46)47)25-31(43)44/h27-28H,2-26H2,1H3,(H,38,45)(H,39,41)(H,40,42)(H,43,44)(H,46,47)(H4,35,36,37)/t27-,28-/m0/s1. The van der Waals surface area contributed by atoms with E-state index in [2.05, 4.69) is 27.9 Å². The summed E-state index contributed by atoms with van der Waals surface area (Å²) in [6.07, 6.45) is 24.1. The second-order valence-electron chi connectivity index (χ2n) is 12.5. The Hall–Kier alpha value is -3.38. The second kappa shape index (κ2) is 30.0. The summed E-state index contributed by atoms with van der Waals surface area (Å²) >= 11 is 0. The summed E-state index contributed by atoms with van der Waals surface area (Å²) in [6.45, 7) is 1.93. The van der Waals surface area contributed by atoms with E-state index in [1.807, 2.05) is 0 Å². The van der Waals surface area contributed by atoms with E-state index in [-0.39, 0.29) is 31.3 Å². The molecule has 13 nitrogen and oxygen atoms in total. The second-order valence-corrected chi connectivity index (χ2v) is 12.5. The Labute approximate surface area is 281 Å². The molecule has 0 aliphatic carbocycles. The van der Waals surface area contributed by atoms with Crippen LogP contribution in [0, 0.1) is 0 Å². The predicted octanol–water partition coefficient (Wildman–Crippen LogP) is 4.51. The Morgan fingerprint density at radius 3 is 1.49 bits per heavy atom. The minimum absolute atomic E-state index is 0.0922. The molecule has 0 bridgehead atoms. The quantitative estimate of drug-likeness (QED) is 0.0304. The molecule has 272 valence electrons. The molecule has 13 heteroatoms. The van der Waals surface area contributed by atoms with E-state index in [0.29, 0.717) is 12.8 Å². The van der Waals surface area contributed by atoms with Gasteiger partial charge in [0.05, 0.1) is 13.0 Å². The largest absolute Gasteiger partial charge is 0.481 e. The van der Waals surface area contributed by atoms with Crippen molar-refractivity contribution in [3.63, 3.8) is 0 Å². The third-order valence-electron chi connectivity index (χ3n) is 8.04. The average molecular weight is 669 g/mol. The van der Waals surface area contributed by atoms with Crippen LogP contribution < -0.4 is 27.4 Å². The van der Waals surface area contributed by atoms with Crippen LogP contribution in [0.15, 0.2) is 4.99 Å². The van der Waals surface area contributed by atoms with Crippen molar-refractivity contribution in [2.24, 2.45) is 16.5 Å². The topological polar surface area (TPSA) is 226 Å². The first-order chi connectivity index (χ1) is 22.6. The highest BCUT2D eigenvalue weighted by Gasteiger charge is 2.25. The number of nitrogens with zero attached hydrogens (tertiary/aromatic N) is 1. The van der Waals surface area contributed by atoms with Crippen LogP contribution in [-0.4, -0.2) is 71.0 Å². The molecular formula is C34H64N6O7.